The molecule has 380 valence electrons. The van der Waals surface area contributed by atoms with E-state index >= 15 is 0 Å². The molecule has 0 bridgehead atoms. The maximum absolute atomic E-state index is 13.1. The third-order valence-corrected chi connectivity index (χ3v) is 9.76. The molecule has 22 heteroatoms. The number of carbonyl (C=O) groups is 8. The number of rotatable bonds is 39. The highest BCUT2D eigenvalue weighted by atomic mass is 16.6. The maximum atomic E-state index is 13.1. The van der Waals surface area contributed by atoms with Crippen LogP contribution in [0.15, 0.2) is 66.7 Å². The molecule has 2 aromatic rings. The summed E-state index contributed by atoms with van der Waals surface area (Å²) in [6.45, 7) is 3.50. The highest BCUT2D eigenvalue weighted by Crippen LogP contribution is 2.10. The fourth-order valence-electron chi connectivity index (χ4n) is 6.10. The average molecular weight is 970 g/mol. The Morgan fingerprint density at radius 2 is 1.03 bits per heavy atom. The molecule has 2 aromatic carbocycles. The topological polar surface area (TPSA) is 288 Å². The van der Waals surface area contributed by atoms with Crippen LogP contribution in [0.25, 0.3) is 0 Å². The van der Waals surface area contributed by atoms with Gasteiger partial charge in [0, 0.05) is 50.2 Å². The summed E-state index contributed by atoms with van der Waals surface area (Å²) in [5.41, 5.74) is 1.92. The van der Waals surface area contributed by atoms with Crippen LogP contribution in [-0.4, -0.2) is 175 Å². The number of hydrogen-bond donors (Lipinski definition) is 7. The molecule has 0 fully saturated rings. The molecule has 22 nitrogen and oxygen atoms in total. The molecule has 3 rings (SSSR count). The molecule has 0 spiro atoms. The SMILES string of the molecule is O=C(CCCCCN1C(=O)C=CC1=O)NCCOCCOCCOCCOCCOCCOCCC(=O)NCC(=O)NCC(=O)N[C@@H](Cc1ccccc1)C(=O)NCC(=O)Nc1ccc(CO)cc1. The van der Waals surface area contributed by atoms with Crippen LogP contribution in [0.5, 0.6) is 0 Å². The second-order valence-electron chi connectivity index (χ2n) is 15.2. The van der Waals surface area contributed by atoms with Gasteiger partial charge in [0.2, 0.25) is 35.4 Å². The zero-order chi connectivity index (χ0) is 49.7. The molecule has 8 amide bonds. The number of nitrogens with one attached hydrogen (secondary N) is 6. The summed E-state index contributed by atoms with van der Waals surface area (Å²) in [4.78, 5) is 98.9. The molecule has 0 radical (unpaired) electrons. The number of imide groups is 1. The van der Waals surface area contributed by atoms with Gasteiger partial charge in [-0.15, -0.1) is 0 Å². The lowest BCUT2D eigenvalue weighted by molar-refractivity contribution is -0.137. The summed E-state index contributed by atoms with van der Waals surface area (Å²) in [6.07, 6.45) is 5.09. The van der Waals surface area contributed by atoms with Crippen molar-refractivity contribution in [3.05, 3.63) is 77.9 Å². The van der Waals surface area contributed by atoms with E-state index in [4.69, 9.17) is 28.4 Å². The third-order valence-electron chi connectivity index (χ3n) is 9.76. The lowest BCUT2D eigenvalue weighted by atomic mass is 10.1. The van der Waals surface area contributed by atoms with Crippen LogP contribution in [0, 0.1) is 0 Å². The van der Waals surface area contributed by atoms with E-state index in [0.29, 0.717) is 110 Å². The first-order valence-corrected chi connectivity index (χ1v) is 22.9. The van der Waals surface area contributed by atoms with Crippen LogP contribution in [0.1, 0.15) is 43.2 Å². The van der Waals surface area contributed by atoms with Crippen molar-refractivity contribution < 1.29 is 71.9 Å². The first-order chi connectivity index (χ1) is 33.5. The van der Waals surface area contributed by atoms with Crippen molar-refractivity contribution in [2.24, 2.45) is 0 Å². The summed E-state index contributed by atoms with van der Waals surface area (Å²) in [6, 6.07) is 14.4. The smallest absolute Gasteiger partial charge is 0.253 e. The Balaban J connectivity index is 1.07. The lowest BCUT2D eigenvalue weighted by Crippen LogP contribution is -2.52. The monoisotopic (exact) mass is 969 g/mol. The number of nitrogens with zero attached hydrogens (tertiary/aromatic N) is 1. The minimum absolute atomic E-state index is 0.000391. The largest absolute Gasteiger partial charge is 0.392 e. The normalized spacial score (nSPS) is 12.4. The molecule has 7 N–H and O–H groups in total. The predicted octanol–water partition coefficient (Wildman–Crippen LogP) is -0.715. The second kappa shape index (κ2) is 35.9. The summed E-state index contributed by atoms with van der Waals surface area (Å²) in [5, 5.41) is 24.6. The Labute approximate surface area is 401 Å². The quantitative estimate of drug-likeness (QED) is 0.0322. The number of aliphatic hydroxyl groups excluding tert-OH is 1. The molecule has 0 aromatic heterocycles. The van der Waals surface area contributed by atoms with Crippen molar-refractivity contribution in [2.45, 2.75) is 51.2 Å². The number of aliphatic hydroxyl groups is 1. The zero-order valence-corrected chi connectivity index (χ0v) is 39.0. The van der Waals surface area contributed by atoms with Crippen molar-refractivity contribution in [3.8, 4) is 0 Å². The van der Waals surface area contributed by atoms with Gasteiger partial charge in [0.05, 0.1) is 106 Å². The number of hydrogen-bond acceptors (Lipinski definition) is 15. The molecule has 69 heavy (non-hydrogen) atoms. The molecule has 1 aliphatic rings. The van der Waals surface area contributed by atoms with E-state index in [1.807, 2.05) is 6.07 Å². The number of amides is 8. The Morgan fingerprint density at radius 3 is 1.62 bits per heavy atom. The maximum Gasteiger partial charge on any atom is 0.253 e. The fourth-order valence-corrected chi connectivity index (χ4v) is 6.10. The van der Waals surface area contributed by atoms with Crippen molar-refractivity contribution in [2.75, 3.05) is 117 Å². The molecule has 0 aliphatic carbocycles. The number of carbonyl (C=O) groups excluding carboxylic acids is 8. The minimum Gasteiger partial charge on any atom is -0.392 e. The molecule has 0 saturated carbocycles. The fraction of sp³-hybridized carbons (Fsp3) is 0.532. The van der Waals surface area contributed by atoms with Gasteiger partial charge in [-0.25, -0.2) is 0 Å². The van der Waals surface area contributed by atoms with Crippen molar-refractivity contribution in [3.63, 3.8) is 0 Å². The first-order valence-electron chi connectivity index (χ1n) is 22.9. The number of ether oxygens (including phenoxy) is 6. The minimum atomic E-state index is -1.05. The van der Waals surface area contributed by atoms with Gasteiger partial charge in [0.15, 0.2) is 0 Å². The Morgan fingerprint density at radius 1 is 0.507 bits per heavy atom. The molecule has 0 unspecified atom stereocenters. The van der Waals surface area contributed by atoms with Gasteiger partial charge in [0.1, 0.15) is 6.04 Å². The Kier molecular flexibility index (Phi) is 29.8. The first kappa shape index (κ1) is 57.2. The van der Waals surface area contributed by atoms with Gasteiger partial charge in [-0.05, 0) is 36.1 Å². The molecule has 1 aliphatic heterocycles. The van der Waals surface area contributed by atoms with E-state index in [1.54, 1.807) is 48.5 Å². The summed E-state index contributed by atoms with van der Waals surface area (Å²) < 4.78 is 32.7. The van der Waals surface area contributed by atoms with E-state index < -0.39 is 42.1 Å². The van der Waals surface area contributed by atoms with Gasteiger partial charge in [0.25, 0.3) is 11.8 Å². The highest BCUT2D eigenvalue weighted by molar-refractivity contribution is 6.12. The van der Waals surface area contributed by atoms with Gasteiger partial charge >= 0.3 is 0 Å². The number of unbranched alkanes of at least 4 members (excludes halogenated alkanes) is 2. The van der Waals surface area contributed by atoms with Crippen LogP contribution < -0.4 is 31.9 Å². The molecule has 0 saturated heterocycles. The van der Waals surface area contributed by atoms with Crippen molar-refractivity contribution in [1.29, 1.82) is 0 Å². The lowest BCUT2D eigenvalue weighted by Gasteiger charge is -2.19. The van der Waals surface area contributed by atoms with Gasteiger partial charge in [-0.1, -0.05) is 48.9 Å². The highest BCUT2D eigenvalue weighted by Gasteiger charge is 2.23. The third kappa shape index (κ3) is 27.5. The van der Waals surface area contributed by atoms with Crippen LogP contribution in [-0.2, 0) is 79.8 Å². The van der Waals surface area contributed by atoms with E-state index in [2.05, 4.69) is 31.9 Å². The van der Waals surface area contributed by atoms with E-state index in [-0.39, 0.29) is 63.5 Å². The van der Waals surface area contributed by atoms with E-state index in [9.17, 15) is 43.5 Å². The van der Waals surface area contributed by atoms with Gasteiger partial charge in [-0.2, -0.15) is 0 Å². The second-order valence-corrected chi connectivity index (χ2v) is 15.2. The molecule has 1 heterocycles. The Bertz CT molecular complexity index is 1890. The Hall–Kier alpha value is -6.14. The average Bonchev–Trinajstić information content (AvgIpc) is 3.67. The van der Waals surface area contributed by atoms with Gasteiger partial charge in [-0.3, -0.25) is 43.3 Å². The molecular weight excluding hydrogens is 903 g/mol. The summed E-state index contributed by atoms with van der Waals surface area (Å²) >= 11 is 0. The standard InChI is InChI=1S/C47H67N7O15/c55-35-37-10-12-38(13-11-37)52-43(59)34-51-47(63)39(31-36-7-3-1-4-8-36)53-44(60)33-50-42(58)32-49-41(57)16-19-64-21-23-66-25-27-68-29-30-69-28-26-67-24-22-65-20-17-48-40(56)9-5-2-6-18-54-45(61)14-15-46(54)62/h1,3-4,7-8,10-15,39,55H,2,5-6,9,16-35H2,(H,48,56)(H,49,57)(H,50,58)(H,51,63)(H,52,59)(H,53,60)/t39-/m0/s1. The number of anilines is 1. The van der Waals surface area contributed by atoms with Crippen LogP contribution in [0.3, 0.4) is 0 Å². The number of benzene rings is 2. The van der Waals surface area contributed by atoms with Crippen molar-refractivity contribution in [1.82, 2.24) is 31.5 Å². The summed E-state index contributed by atoms with van der Waals surface area (Å²) in [5.74, 6) is -3.45. The van der Waals surface area contributed by atoms with E-state index in [1.165, 1.54) is 17.1 Å². The molecule has 1 atom stereocenters. The zero-order valence-electron chi connectivity index (χ0n) is 39.0. The summed E-state index contributed by atoms with van der Waals surface area (Å²) in [7, 11) is 0. The van der Waals surface area contributed by atoms with Gasteiger partial charge < -0.3 is 65.4 Å². The predicted molar refractivity (Wildman–Crippen MR) is 249 cm³/mol. The van der Waals surface area contributed by atoms with Crippen molar-refractivity contribution >= 4 is 52.9 Å². The van der Waals surface area contributed by atoms with Crippen LogP contribution in [0.2, 0.25) is 0 Å². The van der Waals surface area contributed by atoms with Crippen LogP contribution in [0.4, 0.5) is 5.69 Å². The van der Waals surface area contributed by atoms with E-state index in [0.717, 1.165) is 12.0 Å². The van der Waals surface area contributed by atoms with Crippen LogP contribution >= 0.6 is 0 Å². The molecular formula is C47H67N7O15.